The smallest absolute Gasteiger partial charge is 0.233 e. The van der Waals surface area contributed by atoms with E-state index in [-0.39, 0.29) is 21.7 Å². The van der Waals surface area contributed by atoms with Crippen LogP contribution in [-0.4, -0.2) is 61.6 Å². The predicted molar refractivity (Wildman–Crippen MR) is 150 cm³/mol. The summed E-state index contributed by atoms with van der Waals surface area (Å²) < 4.78 is 66.3. The molecule has 5 rings (SSSR count). The summed E-state index contributed by atoms with van der Waals surface area (Å²) in [6.07, 6.45) is 0.538. The highest BCUT2D eigenvalue weighted by molar-refractivity contribution is 7.91. The van der Waals surface area contributed by atoms with Crippen LogP contribution in [-0.2, 0) is 16.3 Å². The van der Waals surface area contributed by atoms with E-state index in [1.807, 2.05) is 18.2 Å². The second-order valence-electron chi connectivity index (χ2n) is 8.90. The Bertz CT molecular complexity index is 1650. The first kappa shape index (κ1) is 28.0. The molecule has 2 heterocycles. The molecule has 0 fully saturated rings. The van der Waals surface area contributed by atoms with Crippen LogP contribution in [0.1, 0.15) is 5.56 Å². The number of methoxy groups -OCH3 is 4. The van der Waals surface area contributed by atoms with Gasteiger partial charge >= 0.3 is 0 Å². The van der Waals surface area contributed by atoms with E-state index in [0.717, 1.165) is 5.56 Å². The molecule has 0 bridgehead atoms. The molecule has 0 unspecified atom stereocenters. The third-order valence-corrected chi connectivity index (χ3v) is 8.11. The van der Waals surface area contributed by atoms with Crippen molar-refractivity contribution in [1.29, 1.82) is 0 Å². The lowest BCUT2D eigenvalue weighted by Crippen LogP contribution is -2.16. The number of rotatable bonds is 11. The molecular weight excluding hydrogens is 552 g/mol. The maximum absolute atomic E-state index is 13.9. The van der Waals surface area contributed by atoms with Crippen molar-refractivity contribution in [2.75, 3.05) is 53.5 Å². The number of oxazole rings is 1. The molecule has 1 aromatic heterocycles. The predicted octanol–water partition coefficient (Wildman–Crippen LogP) is 4.63. The Morgan fingerprint density at radius 2 is 1.44 bits per heavy atom. The van der Waals surface area contributed by atoms with Crippen molar-refractivity contribution < 1.29 is 41.3 Å². The lowest BCUT2D eigenvalue weighted by Gasteiger charge is -2.18. The fraction of sp³-hybridized carbons (Fsp3) is 0.276. The molecule has 0 spiro atoms. The summed E-state index contributed by atoms with van der Waals surface area (Å²) in [5.74, 6) is 3.11. The molecule has 0 saturated carbocycles. The molecule has 3 aromatic carbocycles. The Kier molecular flexibility index (Phi) is 8.11. The van der Waals surface area contributed by atoms with E-state index < -0.39 is 9.84 Å². The van der Waals surface area contributed by atoms with Crippen molar-refractivity contribution in [3.63, 3.8) is 0 Å². The normalized spacial score (nSPS) is 12.5. The van der Waals surface area contributed by atoms with Crippen LogP contribution >= 0.6 is 0 Å². The van der Waals surface area contributed by atoms with Crippen molar-refractivity contribution in [2.45, 2.75) is 16.3 Å². The monoisotopic (exact) mass is 582 g/mol. The lowest BCUT2D eigenvalue weighted by molar-refractivity contribution is 0.171. The number of nitrogens with zero attached hydrogens (tertiary/aromatic N) is 1. The van der Waals surface area contributed by atoms with Gasteiger partial charge in [0, 0.05) is 18.2 Å². The zero-order chi connectivity index (χ0) is 29.0. The van der Waals surface area contributed by atoms with Crippen molar-refractivity contribution in [1.82, 2.24) is 4.98 Å². The minimum Gasteiger partial charge on any atom is -0.493 e. The molecule has 0 radical (unpaired) electrons. The fourth-order valence-electron chi connectivity index (χ4n) is 4.35. The van der Waals surface area contributed by atoms with Crippen LogP contribution in [0.4, 0.5) is 5.88 Å². The molecule has 0 saturated heterocycles. The van der Waals surface area contributed by atoms with Crippen molar-refractivity contribution in [3.8, 4) is 46.0 Å². The van der Waals surface area contributed by atoms with Crippen molar-refractivity contribution in [3.05, 3.63) is 60.2 Å². The van der Waals surface area contributed by atoms with Gasteiger partial charge in [0.25, 0.3) is 0 Å². The van der Waals surface area contributed by atoms with Gasteiger partial charge in [0.1, 0.15) is 13.2 Å². The number of nitrogens with one attached hydrogen (secondary N) is 1. The summed E-state index contributed by atoms with van der Waals surface area (Å²) in [6.45, 7) is 1.07. The van der Waals surface area contributed by atoms with Crippen LogP contribution in [0.2, 0.25) is 0 Å². The van der Waals surface area contributed by atoms with Gasteiger partial charge in [-0.2, -0.15) is 4.98 Å². The Labute approximate surface area is 237 Å². The van der Waals surface area contributed by atoms with Gasteiger partial charge in [-0.15, -0.1) is 0 Å². The molecule has 0 aliphatic carbocycles. The highest BCUT2D eigenvalue weighted by Crippen LogP contribution is 2.39. The number of hydrogen-bond donors (Lipinski definition) is 1. The van der Waals surface area contributed by atoms with Gasteiger partial charge in [0.05, 0.1) is 33.3 Å². The van der Waals surface area contributed by atoms with Crippen LogP contribution in [0.15, 0.2) is 68.9 Å². The number of sulfone groups is 1. The Hall–Kier alpha value is -4.58. The average molecular weight is 583 g/mol. The minimum absolute atomic E-state index is 0.00291. The van der Waals surface area contributed by atoms with Gasteiger partial charge < -0.3 is 38.2 Å². The zero-order valence-corrected chi connectivity index (χ0v) is 23.9. The largest absolute Gasteiger partial charge is 0.493 e. The Balaban J connectivity index is 1.49. The molecule has 1 N–H and O–H groups in total. The van der Waals surface area contributed by atoms with E-state index in [2.05, 4.69) is 10.3 Å². The molecular formula is C29H30N2O9S. The number of ether oxygens (including phenoxy) is 6. The summed E-state index contributed by atoms with van der Waals surface area (Å²) >= 11 is 0. The molecule has 1 aliphatic heterocycles. The summed E-state index contributed by atoms with van der Waals surface area (Å²) in [5, 5.41) is 2.86. The number of aromatic nitrogens is 1. The Morgan fingerprint density at radius 1 is 0.780 bits per heavy atom. The topological polar surface area (TPSA) is 128 Å². The van der Waals surface area contributed by atoms with E-state index >= 15 is 0 Å². The fourth-order valence-corrected chi connectivity index (χ4v) is 5.65. The van der Waals surface area contributed by atoms with Crippen LogP contribution < -0.4 is 33.7 Å². The van der Waals surface area contributed by atoms with Gasteiger partial charge in [-0.05, 0) is 54.4 Å². The van der Waals surface area contributed by atoms with Gasteiger partial charge in [0.2, 0.25) is 26.6 Å². The summed E-state index contributed by atoms with van der Waals surface area (Å²) in [6, 6.07) is 15.1. The number of fused-ring (bicyclic) bond motifs is 1. The molecule has 41 heavy (non-hydrogen) atoms. The highest BCUT2D eigenvalue weighted by atomic mass is 32.2. The van der Waals surface area contributed by atoms with E-state index in [9.17, 15) is 8.42 Å². The van der Waals surface area contributed by atoms with E-state index in [1.54, 1.807) is 38.5 Å². The molecule has 0 amide bonds. The molecule has 1 aliphatic rings. The van der Waals surface area contributed by atoms with E-state index in [4.69, 9.17) is 32.8 Å². The van der Waals surface area contributed by atoms with Gasteiger partial charge in [-0.3, -0.25) is 0 Å². The lowest BCUT2D eigenvalue weighted by atomic mass is 10.1. The number of benzene rings is 3. The van der Waals surface area contributed by atoms with Crippen molar-refractivity contribution in [2.24, 2.45) is 0 Å². The average Bonchev–Trinajstić information content (AvgIpc) is 3.45. The second kappa shape index (κ2) is 11.9. The Morgan fingerprint density at radius 3 is 2.15 bits per heavy atom. The van der Waals surface area contributed by atoms with Crippen LogP contribution in [0.3, 0.4) is 0 Å². The quantitative estimate of drug-likeness (QED) is 0.266. The SMILES string of the molecule is COc1ccc(CCNc2oc(-c3ccc(OC)c(OC)c3)nc2S(=O)(=O)c2ccc3c(c2)OCCO3)cc1OC. The van der Waals surface area contributed by atoms with Crippen molar-refractivity contribution >= 4 is 15.7 Å². The van der Waals surface area contributed by atoms with Gasteiger partial charge in [-0.25, -0.2) is 8.42 Å². The number of hydrogen-bond acceptors (Lipinski definition) is 11. The summed E-state index contributed by atoms with van der Waals surface area (Å²) in [7, 11) is 2.05. The first-order chi connectivity index (χ1) is 19.9. The van der Waals surface area contributed by atoms with Gasteiger partial charge in [-0.1, -0.05) is 6.07 Å². The minimum atomic E-state index is -4.13. The first-order valence-electron chi connectivity index (χ1n) is 12.7. The zero-order valence-electron chi connectivity index (χ0n) is 23.1. The van der Waals surface area contributed by atoms with Crippen LogP contribution in [0.25, 0.3) is 11.5 Å². The molecule has 11 nitrogen and oxygen atoms in total. The van der Waals surface area contributed by atoms with Crippen LogP contribution in [0, 0.1) is 0 Å². The van der Waals surface area contributed by atoms with Crippen LogP contribution in [0.5, 0.6) is 34.5 Å². The molecule has 216 valence electrons. The first-order valence-corrected chi connectivity index (χ1v) is 14.2. The van der Waals surface area contributed by atoms with E-state index in [1.165, 1.54) is 26.4 Å². The second-order valence-corrected chi connectivity index (χ2v) is 10.8. The maximum Gasteiger partial charge on any atom is 0.233 e. The third-order valence-electron chi connectivity index (χ3n) is 6.45. The summed E-state index contributed by atoms with van der Waals surface area (Å²) in [5.41, 5.74) is 1.46. The molecule has 0 atom stereocenters. The summed E-state index contributed by atoms with van der Waals surface area (Å²) in [4.78, 5) is 4.42. The number of anilines is 1. The molecule has 4 aromatic rings. The third kappa shape index (κ3) is 5.68. The van der Waals surface area contributed by atoms with E-state index in [0.29, 0.717) is 66.2 Å². The highest BCUT2D eigenvalue weighted by Gasteiger charge is 2.30. The van der Waals surface area contributed by atoms with Gasteiger partial charge in [0.15, 0.2) is 34.5 Å². The molecule has 12 heteroatoms. The standard InChI is InChI=1S/C29H30N2O9S/c1-34-21-8-5-18(15-24(21)36-3)11-12-30-28-29(31-27(40-28)19-6-9-22(35-2)25(16-19)37-4)41(32,33)20-7-10-23-26(17-20)39-14-13-38-23/h5-10,15-17,30H,11-14H2,1-4H3. The maximum atomic E-state index is 13.9.